The normalized spacial score (nSPS) is 34.9. The van der Waals surface area contributed by atoms with Crippen LogP contribution in [-0.2, 0) is 4.79 Å². The number of ketones is 1. The van der Waals surface area contributed by atoms with Crippen LogP contribution in [0.25, 0.3) is 6.08 Å². The molecular formula is C15H18O3. The molecule has 1 aromatic rings. The number of rotatable bonds is 0. The minimum absolute atomic E-state index is 0.148. The highest BCUT2D eigenvalue weighted by atomic mass is 16.3. The van der Waals surface area contributed by atoms with Crippen LogP contribution in [0.1, 0.15) is 49.7 Å². The largest absolute Gasteiger partial charge is 0.464 e. The molecule has 0 radical (unpaired) electrons. The van der Waals surface area contributed by atoms with Crippen LogP contribution in [0, 0.1) is 18.3 Å². The Morgan fingerprint density at radius 1 is 1.50 bits per heavy atom. The molecule has 3 unspecified atom stereocenters. The molecule has 18 heavy (non-hydrogen) atoms. The van der Waals surface area contributed by atoms with E-state index in [0.717, 1.165) is 23.1 Å². The Morgan fingerprint density at radius 3 is 2.94 bits per heavy atom. The second kappa shape index (κ2) is 3.58. The number of aliphatic hydroxyl groups excluding tert-OH is 1. The van der Waals surface area contributed by atoms with Crippen LogP contribution in [0.3, 0.4) is 0 Å². The zero-order chi connectivity index (χ0) is 13.1. The number of carbonyl (C=O) groups is 1. The zero-order valence-electron chi connectivity index (χ0n) is 11.0. The summed E-state index contributed by atoms with van der Waals surface area (Å²) in [5.41, 5.74) is 2.06. The van der Waals surface area contributed by atoms with Gasteiger partial charge in [0.2, 0.25) is 0 Å². The van der Waals surface area contributed by atoms with E-state index < -0.39 is 11.5 Å². The molecule has 2 aliphatic carbocycles. The van der Waals surface area contributed by atoms with Crippen molar-refractivity contribution in [3.8, 4) is 0 Å². The lowest BCUT2D eigenvalue weighted by Crippen LogP contribution is -2.42. The first-order valence-corrected chi connectivity index (χ1v) is 6.47. The predicted molar refractivity (Wildman–Crippen MR) is 67.9 cm³/mol. The smallest absolute Gasteiger partial charge is 0.159 e. The van der Waals surface area contributed by atoms with Crippen molar-refractivity contribution in [3.05, 3.63) is 28.7 Å². The summed E-state index contributed by atoms with van der Waals surface area (Å²) in [6.07, 6.45) is 4.26. The van der Waals surface area contributed by atoms with E-state index in [9.17, 15) is 9.90 Å². The molecule has 0 spiro atoms. The molecule has 1 N–H and O–H groups in total. The monoisotopic (exact) mass is 246 g/mol. The Kier molecular flexibility index (Phi) is 2.33. The lowest BCUT2D eigenvalue weighted by Gasteiger charge is -2.46. The molecule has 1 heterocycles. The fourth-order valence-electron chi connectivity index (χ4n) is 3.37. The molecule has 96 valence electrons. The van der Waals surface area contributed by atoms with Crippen LogP contribution in [0.15, 0.2) is 16.3 Å². The van der Waals surface area contributed by atoms with Gasteiger partial charge in [0.25, 0.3) is 0 Å². The van der Waals surface area contributed by atoms with Crippen LogP contribution in [0.2, 0.25) is 0 Å². The van der Waals surface area contributed by atoms with E-state index in [-0.39, 0.29) is 5.78 Å². The summed E-state index contributed by atoms with van der Waals surface area (Å²) in [6, 6.07) is 0. The summed E-state index contributed by atoms with van der Waals surface area (Å²) in [5.74, 6) is 1.09. The molecule has 1 fully saturated rings. The van der Waals surface area contributed by atoms with Gasteiger partial charge in [0.1, 0.15) is 5.76 Å². The Morgan fingerprint density at radius 2 is 2.22 bits per heavy atom. The molecular weight excluding hydrogens is 228 g/mol. The fourth-order valence-corrected chi connectivity index (χ4v) is 3.37. The van der Waals surface area contributed by atoms with Crippen molar-refractivity contribution in [2.24, 2.45) is 11.3 Å². The van der Waals surface area contributed by atoms with E-state index in [1.54, 1.807) is 6.26 Å². The van der Waals surface area contributed by atoms with Crippen molar-refractivity contribution in [1.29, 1.82) is 0 Å². The first-order chi connectivity index (χ1) is 8.46. The molecule has 2 aliphatic rings. The van der Waals surface area contributed by atoms with Gasteiger partial charge in [0.15, 0.2) is 5.78 Å². The zero-order valence-corrected chi connectivity index (χ0v) is 11.0. The average Bonchev–Trinajstić information content (AvgIpc) is 2.70. The minimum atomic E-state index is -0.648. The minimum Gasteiger partial charge on any atom is -0.464 e. The van der Waals surface area contributed by atoms with E-state index in [0.29, 0.717) is 18.1 Å². The Hall–Kier alpha value is -1.35. The Balaban J connectivity index is 2.25. The highest BCUT2D eigenvalue weighted by Crippen LogP contribution is 2.55. The maximum absolute atomic E-state index is 12.1. The van der Waals surface area contributed by atoms with Gasteiger partial charge in [0, 0.05) is 23.0 Å². The van der Waals surface area contributed by atoms with Crippen molar-refractivity contribution in [3.63, 3.8) is 0 Å². The summed E-state index contributed by atoms with van der Waals surface area (Å²) in [4.78, 5) is 12.1. The molecule has 1 saturated carbocycles. The van der Waals surface area contributed by atoms with E-state index in [1.165, 1.54) is 0 Å². The van der Waals surface area contributed by atoms with Crippen LogP contribution in [0.4, 0.5) is 0 Å². The summed E-state index contributed by atoms with van der Waals surface area (Å²) >= 11 is 0. The predicted octanol–water partition coefficient (Wildman–Crippen LogP) is 3.02. The quantitative estimate of drug-likeness (QED) is 0.765. The van der Waals surface area contributed by atoms with Gasteiger partial charge < -0.3 is 9.52 Å². The molecule has 0 saturated heterocycles. The third-order valence-electron chi connectivity index (χ3n) is 4.88. The number of aryl methyl sites for hydroxylation is 1. The van der Waals surface area contributed by atoms with E-state index in [4.69, 9.17) is 4.42 Å². The van der Waals surface area contributed by atoms with Crippen molar-refractivity contribution in [1.82, 2.24) is 0 Å². The van der Waals surface area contributed by atoms with Crippen molar-refractivity contribution < 1.29 is 14.3 Å². The lowest BCUT2D eigenvalue weighted by molar-refractivity contribution is -0.121. The average molecular weight is 246 g/mol. The Labute approximate surface area is 106 Å². The Bertz CT molecular complexity index is 552. The van der Waals surface area contributed by atoms with Gasteiger partial charge in [-0.3, -0.25) is 4.79 Å². The van der Waals surface area contributed by atoms with Gasteiger partial charge in [-0.1, -0.05) is 13.8 Å². The van der Waals surface area contributed by atoms with Gasteiger partial charge in [-0.2, -0.15) is 0 Å². The van der Waals surface area contributed by atoms with E-state index in [1.807, 2.05) is 19.9 Å². The number of aliphatic hydroxyl groups is 1. The van der Waals surface area contributed by atoms with Crippen molar-refractivity contribution >= 4 is 11.9 Å². The number of Topliss-reactive ketones (excluding diaryl/α,β-unsaturated/α-hetero) is 1. The number of hydrogen-bond acceptors (Lipinski definition) is 3. The van der Waals surface area contributed by atoms with Crippen LogP contribution in [0.5, 0.6) is 0 Å². The second-order valence-electron chi connectivity index (χ2n) is 5.80. The topological polar surface area (TPSA) is 50.4 Å². The molecule has 3 nitrogen and oxygen atoms in total. The summed E-state index contributed by atoms with van der Waals surface area (Å²) in [7, 11) is 0. The fraction of sp³-hybridized carbons (Fsp3) is 0.533. The van der Waals surface area contributed by atoms with Gasteiger partial charge >= 0.3 is 0 Å². The van der Waals surface area contributed by atoms with E-state index >= 15 is 0 Å². The second-order valence-corrected chi connectivity index (χ2v) is 5.80. The van der Waals surface area contributed by atoms with Gasteiger partial charge in [-0.15, -0.1) is 0 Å². The number of hydrogen-bond donors (Lipinski definition) is 1. The lowest BCUT2D eigenvalue weighted by atomic mass is 9.58. The molecule has 3 heteroatoms. The van der Waals surface area contributed by atoms with E-state index in [2.05, 4.69) is 6.92 Å². The summed E-state index contributed by atoms with van der Waals surface area (Å²) < 4.78 is 5.45. The molecule has 3 atom stereocenters. The SMILES string of the molecule is Cc1coc2c1C(O)C1(C)C(=C2)C(=O)CCC1C. The molecule has 0 aromatic carbocycles. The van der Waals surface area contributed by atoms with Gasteiger partial charge in [-0.05, 0) is 30.9 Å². The first-order valence-electron chi connectivity index (χ1n) is 6.47. The third-order valence-corrected chi connectivity index (χ3v) is 4.88. The van der Waals surface area contributed by atoms with Gasteiger partial charge in [-0.25, -0.2) is 0 Å². The van der Waals surface area contributed by atoms with Crippen molar-refractivity contribution in [2.45, 2.75) is 39.7 Å². The van der Waals surface area contributed by atoms with Gasteiger partial charge in [0.05, 0.1) is 12.4 Å². The standard InChI is InChI=1S/C15H18O3/c1-8-7-18-12-6-10-11(16)5-4-9(2)15(10,3)14(17)13(8)12/h6-7,9,14,17H,4-5H2,1-3H3. The number of fused-ring (bicyclic) bond motifs is 2. The maximum atomic E-state index is 12.1. The first kappa shape index (κ1) is 11.7. The van der Waals surface area contributed by atoms with Crippen LogP contribution >= 0.6 is 0 Å². The number of carbonyl (C=O) groups excluding carboxylic acids is 1. The molecule has 0 aliphatic heterocycles. The molecule has 0 amide bonds. The van der Waals surface area contributed by atoms with Crippen LogP contribution in [-0.4, -0.2) is 10.9 Å². The highest BCUT2D eigenvalue weighted by molar-refractivity contribution is 6.02. The molecule has 0 bridgehead atoms. The van der Waals surface area contributed by atoms with Crippen LogP contribution < -0.4 is 0 Å². The third kappa shape index (κ3) is 1.25. The highest BCUT2D eigenvalue weighted by Gasteiger charge is 2.51. The summed E-state index contributed by atoms with van der Waals surface area (Å²) in [5, 5.41) is 10.7. The molecule has 1 aromatic heterocycles. The van der Waals surface area contributed by atoms with Crippen molar-refractivity contribution in [2.75, 3.05) is 0 Å². The maximum Gasteiger partial charge on any atom is 0.159 e. The summed E-state index contributed by atoms with van der Waals surface area (Å²) in [6.45, 7) is 6.05. The molecule has 3 rings (SSSR count). The number of furan rings is 1.